The molecule has 1 amide bonds. The molecule has 0 aliphatic heterocycles. The number of nitrogens with one attached hydrogen (secondary N) is 2. The first kappa shape index (κ1) is 14.3. The molecule has 0 fully saturated rings. The highest BCUT2D eigenvalue weighted by Gasteiger charge is 2.13. The van der Waals surface area contributed by atoms with Gasteiger partial charge in [0.15, 0.2) is 0 Å². The molecule has 1 aromatic rings. The molecule has 0 saturated carbocycles. The molecular formula is C12H16Cl2N2O. The maximum atomic E-state index is 11.8. The van der Waals surface area contributed by atoms with Crippen LogP contribution in [0.5, 0.6) is 0 Å². The molecule has 17 heavy (non-hydrogen) atoms. The van der Waals surface area contributed by atoms with Gasteiger partial charge in [-0.2, -0.15) is 0 Å². The van der Waals surface area contributed by atoms with Crippen LogP contribution in [0.4, 0.5) is 0 Å². The van der Waals surface area contributed by atoms with E-state index in [-0.39, 0.29) is 5.91 Å². The molecule has 0 bridgehead atoms. The summed E-state index contributed by atoms with van der Waals surface area (Å²) >= 11 is 11.9. The Morgan fingerprint density at radius 2 is 1.88 bits per heavy atom. The molecule has 0 aromatic heterocycles. The van der Waals surface area contributed by atoms with Gasteiger partial charge in [0.2, 0.25) is 0 Å². The van der Waals surface area contributed by atoms with Crippen LogP contribution in [0.25, 0.3) is 0 Å². The quantitative estimate of drug-likeness (QED) is 0.784. The van der Waals surface area contributed by atoms with Crippen molar-refractivity contribution in [2.24, 2.45) is 0 Å². The lowest BCUT2D eigenvalue weighted by Crippen LogP contribution is -2.27. The van der Waals surface area contributed by atoms with Crippen LogP contribution in [-0.2, 0) is 0 Å². The summed E-state index contributed by atoms with van der Waals surface area (Å²) < 4.78 is 0. The second-order valence-corrected chi connectivity index (χ2v) is 4.37. The second kappa shape index (κ2) is 7.54. The zero-order chi connectivity index (χ0) is 12.7. The largest absolute Gasteiger partial charge is 0.352 e. The standard InChI is InChI=1S/C12H16Cl2N2O/c1-2-15-7-4-8-16-12(17)11-9(13)5-3-6-10(11)14/h3,5-6,15H,2,4,7-8H2,1H3,(H,16,17). The number of amides is 1. The lowest BCUT2D eigenvalue weighted by atomic mass is 10.2. The van der Waals surface area contributed by atoms with Crippen LogP contribution in [-0.4, -0.2) is 25.5 Å². The highest BCUT2D eigenvalue weighted by molar-refractivity contribution is 6.39. The van der Waals surface area contributed by atoms with Gasteiger partial charge in [-0.3, -0.25) is 4.79 Å². The smallest absolute Gasteiger partial charge is 0.254 e. The van der Waals surface area contributed by atoms with Crippen LogP contribution in [0.15, 0.2) is 18.2 Å². The van der Waals surface area contributed by atoms with Crippen molar-refractivity contribution in [3.05, 3.63) is 33.8 Å². The predicted octanol–water partition coefficient (Wildman–Crippen LogP) is 2.72. The van der Waals surface area contributed by atoms with Crippen molar-refractivity contribution < 1.29 is 4.79 Å². The number of rotatable bonds is 6. The fraction of sp³-hybridized carbons (Fsp3) is 0.417. The van der Waals surface area contributed by atoms with E-state index in [9.17, 15) is 4.79 Å². The van der Waals surface area contributed by atoms with Crippen LogP contribution >= 0.6 is 23.2 Å². The van der Waals surface area contributed by atoms with Crippen molar-refractivity contribution in [1.82, 2.24) is 10.6 Å². The first-order chi connectivity index (χ1) is 8.16. The fourth-order valence-corrected chi connectivity index (χ4v) is 1.96. The predicted molar refractivity (Wildman–Crippen MR) is 72.0 cm³/mol. The zero-order valence-corrected chi connectivity index (χ0v) is 11.2. The zero-order valence-electron chi connectivity index (χ0n) is 9.72. The molecule has 3 nitrogen and oxygen atoms in total. The van der Waals surface area contributed by atoms with Crippen molar-refractivity contribution >= 4 is 29.1 Å². The Hall–Kier alpha value is -0.770. The number of carbonyl (C=O) groups excluding carboxylic acids is 1. The van der Waals surface area contributed by atoms with Crippen LogP contribution in [0.1, 0.15) is 23.7 Å². The van der Waals surface area contributed by atoms with Gasteiger partial charge < -0.3 is 10.6 Å². The third kappa shape index (κ3) is 4.54. The van der Waals surface area contributed by atoms with Crippen LogP contribution in [0.3, 0.4) is 0 Å². The van der Waals surface area contributed by atoms with Crippen molar-refractivity contribution in [2.75, 3.05) is 19.6 Å². The Bertz CT molecular complexity index is 363. The van der Waals surface area contributed by atoms with Crippen LogP contribution < -0.4 is 10.6 Å². The van der Waals surface area contributed by atoms with E-state index in [2.05, 4.69) is 10.6 Å². The van der Waals surface area contributed by atoms with E-state index in [0.29, 0.717) is 22.2 Å². The molecule has 0 aliphatic rings. The summed E-state index contributed by atoms with van der Waals surface area (Å²) in [6.45, 7) is 4.47. The first-order valence-electron chi connectivity index (χ1n) is 5.59. The third-order valence-electron chi connectivity index (χ3n) is 2.26. The lowest BCUT2D eigenvalue weighted by molar-refractivity contribution is 0.0953. The highest BCUT2D eigenvalue weighted by Crippen LogP contribution is 2.23. The highest BCUT2D eigenvalue weighted by atomic mass is 35.5. The summed E-state index contributed by atoms with van der Waals surface area (Å²) in [5.74, 6) is -0.225. The summed E-state index contributed by atoms with van der Waals surface area (Å²) in [7, 11) is 0. The van der Waals surface area contributed by atoms with E-state index in [1.807, 2.05) is 6.92 Å². The molecule has 0 heterocycles. The summed E-state index contributed by atoms with van der Waals surface area (Å²) in [4.78, 5) is 11.8. The molecule has 2 N–H and O–H groups in total. The SMILES string of the molecule is CCNCCCNC(=O)c1c(Cl)cccc1Cl. The van der Waals surface area contributed by atoms with E-state index in [1.54, 1.807) is 18.2 Å². The Kier molecular flexibility index (Phi) is 6.34. The number of hydrogen-bond donors (Lipinski definition) is 2. The molecule has 0 unspecified atom stereocenters. The minimum atomic E-state index is -0.225. The van der Waals surface area contributed by atoms with Crippen molar-refractivity contribution in [1.29, 1.82) is 0 Å². The Balaban J connectivity index is 2.47. The Morgan fingerprint density at radius 1 is 1.24 bits per heavy atom. The molecule has 0 aliphatic carbocycles. The minimum Gasteiger partial charge on any atom is -0.352 e. The number of carbonyl (C=O) groups is 1. The maximum absolute atomic E-state index is 11.8. The molecule has 5 heteroatoms. The van der Waals surface area contributed by atoms with Crippen molar-refractivity contribution in [3.8, 4) is 0 Å². The van der Waals surface area contributed by atoms with E-state index in [4.69, 9.17) is 23.2 Å². The number of hydrogen-bond acceptors (Lipinski definition) is 2. The fourth-order valence-electron chi connectivity index (χ4n) is 1.40. The Morgan fingerprint density at radius 3 is 2.47 bits per heavy atom. The minimum absolute atomic E-state index is 0.225. The second-order valence-electron chi connectivity index (χ2n) is 3.56. The number of benzene rings is 1. The van der Waals surface area contributed by atoms with Crippen LogP contribution in [0, 0.1) is 0 Å². The van der Waals surface area contributed by atoms with Gasteiger partial charge in [0.1, 0.15) is 0 Å². The molecule has 0 saturated heterocycles. The van der Waals surface area contributed by atoms with E-state index in [1.165, 1.54) is 0 Å². The van der Waals surface area contributed by atoms with Crippen molar-refractivity contribution in [2.45, 2.75) is 13.3 Å². The van der Waals surface area contributed by atoms with Gasteiger partial charge in [-0.05, 0) is 31.6 Å². The van der Waals surface area contributed by atoms with E-state index >= 15 is 0 Å². The summed E-state index contributed by atoms with van der Waals surface area (Å²) in [6.07, 6.45) is 0.877. The monoisotopic (exact) mass is 274 g/mol. The molecule has 0 radical (unpaired) electrons. The third-order valence-corrected chi connectivity index (χ3v) is 2.89. The van der Waals surface area contributed by atoms with Gasteiger partial charge in [0, 0.05) is 6.54 Å². The van der Waals surface area contributed by atoms with Gasteiger partial charge in [0.25, 0.3) is 5.91 Å². The summed E-state index contributed by atoms with van der Waals surface area (Å²) in [5, 5.41) is 6.73. The van der Waals surface area contributed by atoms with Gasteiger partial charge in [0.05, 0.1) is 15.6 Å². The first-order valence-corrected chi connectivity index (χ1v) is 6.35. The summed E-state index contributed by atoms with van der Waals surface area (Å²) in [6, 6.07) is 5.02. The van der Waals surface area contributed by atoms with E-state index < -0.39 is 0 Å². The average Bonchev–Trinajstić information content (AvgIpc) is 2.28. The van der Waals surface area contributed by atoms with Gasteiger partial charge >= 0.3 is 0 Å². The molecule has 94 valence electrons. The van der Waals surface area contributed by atoms with Gasteiger partial charge in [-0.1, -0.05) is 36.2 Å². The van der Waals surface area contributed by atoms with Crippen LogP contribution in [0.2, 0.25) is 10.0 Å². The lowest BCUT2D eigenvalue weighted by Gasteiger charge is -2.08. The van der Waals surface area contributed by atoms with E-state index in [0.717, 1.165) is 19.5 Å². The molecule has 1 rings (SSSR count). The number of halogens is 2. The molecular weight excluding hydrogens is 259 g/mol. The van der Waals surface area contributed by atoms with Crippen molar-refractivity contribution in [3.63, 3.8) is 0 Å². The maximum Gasteiger partial charge on any atom is 0.254 e. The van der Waals surface area contributed by atoms with Gasteiger partial charge in [-0.25, -0.2) is 0 Å². The average molecular weight is 275 g/mol. The normalized spacial score (nSPS) is 10.3. The molecule has 0 atom stereocenters. The Labute approximate surface area is 111 Å². The molecule has 1 aromatic carbocycles. The van der Waals surface area contributed by atoms with Gasteiger partial charge in [-0.15, -0.1) is 0 Å². The molecule has 0 spiro atoms. The topological polar surface area (TPSA) is 41.1 Å². The summed E-state index contributed by atoms with van der Waals surface area (Å²) in [5.41, 5.74) is 0.347.